The van der Waals surface area contributed by atoms with E-state index in [1.807, 2.05) is 13.8 Å². The summed E-state index contributed by atoms with van der Waals surface area (Å²) in [6.45, 7) is 3.78. The van der Waals surface area contributed by atoms with Crippen LogP contribution in [0.5, 0.6) is 5.75 Å². The zero-order valence-electron chi connectivity index (χ0n) is 11.1. The fraction of sp³-hybridized carbons (Fsp3) is 0.250. The molecule has 20 heavy (non-hydrogen) atoms. The number of nitrogens with zero attached hydrogens (tertiary/aromatic N) is 2. The van der Waals surface area contributed by atoms with Crippen molar-refractivity contribution in [3.63, 3.8) is 0 Å². The largest absolute Gasteiger partial charge is 0.506 e. The van der Waals surface area contributed by atoms with Crippen LogP contribution in [0, 0.1) is 0 Å². The number of phenolic OH excluding ortho intramolecular Hbond substituents is 1. The van der Waals surface area contributed by atoms with E-state index in [9.17, 15) is 13.5 Å². The van der Waals surface area contributed by atoms with Crippen LogP contribution in [0.2, 0.25) is 0 Å². The summed E-state index contributed by atoms with van der Waals surface area (Å²) in [6.07, 6.45) is 1.52. The normalized spacial score (nSPS) is 11.8. The molecule has 0 bridgehead atoms. The van der Waals surface area contributed by atoms with Crippen LogP contribution in [-0.2, 0) is 10.0 Å². The lowest BCUT2D eigenvalue weighted by Gasteiger charge is -2.13. The number of aromatic nitrogens is 2. The van der Waals surface area contributed by atoms with Crippen LogP contribution >= 0.6 is 0 Å². The molecule has 108 valence electrons. The Morgan fingerprint density at radius 3 is 2.65 bits per heavy atom. The lowest BCUT2D eigenvalue weighted by Crippen LogP contribution is -2.17. The molecule has 7 nitrogen and oxygen atoms in total. The lowest BCUT2D eigenvalue weighted by molar-refractivity contribution is 0.477. The van der Waals surface area contributed by atoms with Gasteiger partial charge in [-0.1, -0.05) is 0 Å². The Labute approximate surface area is 117 Å². The van der Waals surface area contributed by atoms with Crippen molar-refractivity contribution in [3.8, 4) is 5.75 Å². The molecule has 0 amide bonds. The topological polar surface area (TPSA) is 110 Å². The molecule has 0 aliphatic carbocycles. The second-order valence-electron chi connectivity index (χ2n) is 4.58. The number of sulfonamides is 1. The second-order valence-corrected chi connectivity index (χ2v) is 6.26. The average Bonchev–Trinajstić information content (AvgIpc) is 2.80. The Morgan fingerprint density at radius 1 is 1.35 bits per heavy atom. The Kier molecular flexibility index (Phi) is 3.58. The lowest BCUT2D eigenvalue weighted by atomic mass is 10.3. The molecule has 1 aromatic carbocycles. The first-order chi connectivity index (χ1) is 9.31. The van der Waals surface area contributed by atoms with Gasteiger partial charge in [-0.2, -0.15) is 5.10 Å². The third-order valence-corrected chi connectivity index (χ3v) is 4.06. The fourth-order valence-electron chi connectivity index (χ4n) is 1.70. The first-order valence-electron chi connectivity index (χ1n) is 5.96. The van der Waals surface area contributed by atoms with E-state index in [1.54, 1.807) is 10.7 Å². The highest BCUT2D eigenvalue weighted by molar-refractivity contribution is 7.92. The van der Waals surface area contributed by atoms with Gasteiger partial charge in [0.1, 0.15) is 11.6 Å². The van der Waals surface area contributed by atoms with E-state index >= 15 is 0 Å². The Morgan fingerprint density at radius 2 is 2.05 bits per heavy atom. The van der Waals surface area contributed by atoms with Gasteiger partial charge in [-0.3, -0.25) is 4.72 Å². The van der Waals surface area contributed by atoms with E-state index in [2.05, 4.69) is 9.82 Å². The summed E-state index contributed by atoms with van der Waals surface area (Å²) >= 11 is 0. The van der Waals surface area contributed by atoms with Crippen molar-refractivity contribution in [2.75, 3.05) is 10.5 Å². The molecule has 0 aliphatic rings. The van der Waals surface area contributed by atoms with Crippen LogP contribution in [0.15, 0.2) is 35.4 Å². The van der Waals surface area contributed by atoms with Crippen molar-refractivity contribution >= 4 is 21.5 Å². The smallest absolute Gasteiger partial charge is 0.263 e. The van der Waals surface area contributed by atoms with Gasteiger partial charge in [0.05, 0.1) is 16.8 Å². The van der Waals surface area contributed by atoms with E-state index in [4.69, 9.17) is 5.73 Å². The van der Waals surface area contributed by atoms with Gasteiger partial charge < -0.3 is 10.8 Å². The highest BCUT2D eigenvalue weighted by atomic mass is 32.2. The number of aromatic hydroxyl groups is 1. The summed E-state index contributed by atoms with van der Waals surface area (Å²) in [4.78, 5) is -0.0238. The molecule has 8 heteroatoms. The zero-order valence-corrected chi connectivity index (χ0v) is 11.9. The minimum atomic E-state index is -3.78. The molecule has 0 spiro atoms. The number of nitrogen functional groups attached to an aromatic ring is 1. The Hall–Kier alpha value is -2.22. The molecule has 2 rings (SSSR count). The summed E-state index contributed by atoms with van der Waals surface area (Å²) < 4.78 is 28.5. The molecule has 0 saturated heterocycles. The Balaban J connectivity index is 2.36. The molecule has 0 unspecified atom stereocenters. The molecule has 0 fully saturated rings. The van der Waals surface area contributed by atoms with Gasteiger partial charge in [0.25, 0.3) is 10.0 Å². The predicted molar refractivity (Wildman–Crippen MR) is 75.9 cm³/mol. The third-order valence-electron chi connectivity index (χ3n) is 2.71. The van der Waals surface area contributed by atoms with Crippen molar-refractivity contribution in [2.45, 2.75) is 24.8 Å². The first kappa shape index (κ1) is 14.2. The van der Waals surface area contributed by atoms with Crippen LogP contribution in [-0.4, -0.2) is 23.3 Å². The number of benzene rings is 1. The van der Waals surface area contributed by atoms with Gasteiger partial charge in [0.2, 0.25) is 0 Å². The zero-order chi connectivity index (χ0) is 14.9. The molecule has 1 heterocycles. The highest BCUT2D eigenvalue weighted by Crippen LogP contribution is 2.25. The van der Waals surface area contributed by atoms with Crippen molar-refractivity contribution in [2.24, 2.45) is 0 Å². The SMILES string of the molecule is CC(C)n1nccc1NS(=O)(=O)c1ccc(O)c(N)c1. The number of anilines is 2. The van der Waals surface area contributed by atoms with Crippen LogP contribution < -0.4 is 10.5 Å². The molecule has 0 radical (unpaired) electrons. The standard InChI is InChI=1S/C12H16N4O3S/c1-8(2)16-12(5-6-14-16)15-20(18,19)9-3-4-11(17)10(13)7-9/h3-8,15,17H,13H2,1-2H3. The Bertz CT molecular complexity index is 722. The maximum absolute atomic E-state index is 12.2. The van der Waals surface area contributed by atoms with E-state index in [-0.39, 0.29) is 22.4 Å². The number of phenols is 1. The molecular weight excluding hydrogens is 280 g/mol. The maximum atomic E-state index is 12.2. The van der Waals surface area contributed by atoms with E-state index in [1.165, 1.54) is 24.4 Å². The van der Waals surface area contributed by atoms with Gasteiger partial charge in [-0.25, -0.2) is 13.1 Å². The van der Waals surface area contributed by atoms with Gasteiger partial charge >= 0.3 is 0 Å². The number of nitrogens with one attached hydrogen (secondary N) is 1. The van der Waals surface area contributed by atoms with E-state index in [0.717, 1.165) is 0 Å². The molecule has 2 aromatic rings. The highest BCUT2D eigenvalue weighted by Gasteiger charge is 2.18. The number of hydrogen-bond donors (Lipinski definition) is 3. The molecule has 0 atom stereocenters. The molecular formula is C12H16N4O3S. The van der Waals surface area contributed by atoms with Crippen LogP contribution in [0.4, 0.5) is 11.5 Å². The molecule has 4 N–H and O–H groups in total. The number of rotatable bonds is 4. The van der Waals surface area contributed by atoms with Gasteiger partial charge in [0, 0.05) is 12.1 Å². The first-order valence-corrected chi connectivity index (χ1v) is 7.44. The van der Waals surface area contributed by atoms with Crippen molar-refractivity contribution in [1.29, 1.82) is 0 Å². The molecule has 0 aliphatic heterocycles. The summed E-state index contributed by atoms with van der Waals surface area (Å²) in [5.41, 5.74) is 5.51. The second kappa shape index (κ2) is 5.04. The van der Waals surface area contributed by atoms with Crippen molar-refractivity contribution in [3.05, 3.63) is 30.5 Å². The number of hydrogen-bond acceptors (Lipinski definition) is 5. The van der Waals surface area contributed by atoms with Crippen molar-refractivity contribution < 1.29 is 13.5 Å². The van der Waals surface area contributed by atoms with E-state index in [0.29, 0.717) is 5.82 Å². The van der Waals surface area contributed by atoms with Gasteiger partial charge in [-0.05, 0) is 32.0 Å². The van der Waals surface area contributed by atoms with E-state index < -0.39 is 10.0 Å². The summed E-state index contributed by atoms with van der Waals surface area (Å²) in [5.74, 6) is 0.211. The van der Waals surface area contributed by atoms with Gasteiger partial charge in [0.15, 0.2) is 0 Å². The molecule has 1 aromatic heterocycles. The summed E-state index contributed by atoms with van der Waals surface area (Å²) in [5, 5.41) is 13.4. The monoisotopic (exact) mass is 296 g/mol. The minimum absolute atomic E-state index is 0.00485. The van der Waals surface area contributed by atoms with Crippen LogP contribution in [0.1, 0.15) is 19.9 Å². The maximum Gasteiger partial charge on any atom is 0.263 e. The summed E-state index contributed by atoms with van der Waals surface area (Å²) in [6, 6.07) is 5.32. The van der Waals surface area contributed by atoms with Crippen LogP contribution in [0.3, 0.4) is 0 Å². The third kappa shape index (κ3) is 2.69. The number of nitrogens with two attached hydrogens (primary N) is 1. The van der Waals surface area contributed by atoms with Gasteiger partial charge in [-0.15, -0.1) is 0 Å². The predicted octanol–water partition coefficient (Wildman–Crippen LogP) is 1.55. The van der Waals surface area contributed by atoms with Crippen LogP contribution in [0.25, 0.3) is 0 Å². The minimum Gasteiger partial charge on any atom is -0.506 e. The molecule has 0 saturated carbocycles. The fourth-order valence-corrected chi connectivity index (χ4v) is 2.79. The quantitative estimate of drug-likeness (QED) is 0.585. The van der Waals surface area contributed by atoms with Crippen molar-refractivity contribution in [1.82, 2.24) is 9.78 Å². The summed E-state index contributed by atoms with van der Waals surface area (Å²) in [7, 11) is -3.78. The average molecular weight is 296 g/mol.